The van der Waals surface area contributed by atoms with Gasteiger partial charge in [-0.2, -0.15) is 0 Å². The summed E-state index contributed by atoms with van der Waals surface area (Å²) in [6, 6.07) is 74.1. The summed E-state index contributed by atoms with van der Waals surface area (Å²) in [6.45, 7) is 2.26. The van der Waals surface area contributed by atoms with Crippen LogP contribution in [0, 0.1) is 0 Å². The van der Waals surface area contributed by atoms with Crippen molar-refractivity contribution in [1.29, 1.82) is 0 Å². The SMILES string of the molecule is CCCCc1cccc(-c2cc(-c3ccccc3)cc(-n3c4ccccc4c4cc(-c5ccc6c(c5)c5ccccc5n6-c5ccc6ccccc6c5)ccc43)c2)c1. The van der Waals surface area contributed by atoms with Crippen LogP contribution in [0.25, 0.3) is 99.1 Å². The first-order valence-corrected chi connectivity index (χ1v) is 20.6. The maximum absolute atomic E-state index is 2.46. The molecule has 0 fully saturated rings. The number of unbranched alkanes of at least 4 members (excludes halogenated alkanes) is 1. The number of para-hydroxylation sites is 2. The zero-order chi connectivity index (χ0) is 38.6. The van der Waals surface area contributed by atoms with Gasteiger partial charge in [-0.05, 0) is 129 Å². The summed E-state index contributed by atoms with van der Waals surface area (Å²) in [4.78, 5) is 0. The molecule has 58 heavy (non-hydrogen) atoms. The second-order valence-electron chi connectivity index (χ2n) is 15.6. The first-order chi connectivity index (χ1) is 28.7. The van der Waals surface area contributed by atoms with Crippen LogP contribution in [-0.2, 0) is 6.42 Å². The van der Waals surface area contributed by atoms with Crippen LogP contribution in [0.4, 0.5) is 0 Å². The Hall–Kier alpha value is -7.16. The van der Waals surface area contributed by atoms with Crippen molar-refractivity contribution in [1.82, 2.24) is 9.13 Å². The molecule has 2 heterocycles. The molecule has 0 aliphatic rings. The van der Waals surface area contributed by atoms with Gasteiger partial charge < -0.3 is 9.13 Å². The smallest absolute Gasteiger partial charge is 0.0541 e. The molecule has 0 bridgehead atoms. The standard InChI is InChI=1S/C56H42N2/c1-2-3-14-38-15-13-20-41(31-38)46-32-45(39-16-5-4-6-17-39)34-48(35-46)58-54-24-12-10-22-50(54)52-37-44(27-30-56(52)58)43-26-29-55-51(36-43)49-21-9-11-23-53(49)57(55)47-28-25-40-18-7-8-19-42(40)33-47/h4-13,15-37H,2-3,14H2,1H3. The van der Waals surface area contributed by atoms with Gasteiger partial charge in [-0.1, -0.05) is 147 Å². The number of rotatable bonds is 8. The molecular weight excluding hydrogens is 701 g/mol. The molecule has 2 aromatic heterocycles. The molecule has 276 valence electrons. The highest BCUT2D eigenvalue weighted by atomic mass is 15.0. The lowest BCUT2D eigenvalue weighted by Crippen LogP contribution is -1.96. The number of benzene rings is 9. The fourth-order valence-electron chi connectivity index (χ4n) is 9.17. The van der Waals surface area contributed by atoms with Crippen molar-refractivity contribution in [3.05, 3.63) is 206 Å². The summed E-state index contributed by atoms with van der Waals surface area (Å²) in [6.07, 6.45) is 3.49. The summed E-state index contributed by atoms with van der Waals surface area (Å²) >= 11 is 0. The molecule has 9 aromatic carbocycles. The normalized spacial score (nSPS) is 11.7. The second-order valence-corrected chi connectivity index (χ2v) is 15.6. The van der Waals surface area contributed by atoms with Gasteiger partial charge in [0.05, 0.1) is 22.1 Å². The molecule has 0 N–H and O–H groups in total. The molecule has 0 atom stereocenters. The van der Waals surface area contributed by atoms with E-state index in [1.54, 1.807) is 0 Å². The summed E-state index contributed by atoms with van der Waals surface area (Å²) in [5.41, 5.74) is 15.9. The molecule has 0 saturated heterocycles. The average Bonchev–Trinajstić information content (AvgIpc) is 3.80. The zero-order valence-corrected chi connectivity index (χ0v) is 32.6. The van der Waals surface area contributed by atoms with Gasteiger partial charge in [0.1, 0.15) is 0 Å². The summed E-state index contributed by atoms with van der Waals surface area (Å²) in [5, 5.41) is 7.52. The van der Waals surface area contributed by atoms with Gasteiger partial charge in [0.25, 0.3) is 0 Å². The van der Waals surface area contributed by atoms with Crippen LogP contribution in [-0.4, -0.2) is 9.13 Å². The first-order valence-electron chi connectivity index (χ1n) is 20.6. The monoisotopic (exact) mass is 742 g/mol. The van der Waals surface area contributed by atoms with Crippen molar-refractivity contribution < 1.29 is 0 Å². The minimum absolute atomic E-state index is 1.10. The van der Waals surface area contributed by atoms with E-state index < -0.39 is 0 Å². The fourth-order valence-corrected chi connectivity index (χ4v) is 9.17. The average molecular weight is 743 g/mol. The van der Waals surface area contributed by atoms with Crippen molar-refractivity contribution in [3.8, 4) is 44.8 Å². The molecular formula is C56H42N2. The topological polar surface area (TPSA) is 9.86 Å². The van der Waals surface area contributed by atoms with Crippen LogP contribution in [0.2, 0.25) is 0 Å². The predicted molar refractivity (Wildman–Crippen MR) is 248 cm³/mol. The number of hydrogen-bond acceptors (Lipinski definition) is 0. The van der Waals surface area contributed by atoms with Crippen LogP contribution in [0.1, 0.15) is 25.3 Å². The van der Waals surface area contributed by atoms with E-state index in [-0.39, 0.29) is 0 Å². The molecule has 0 aliphatic heterocycles. The number of nitrogens with zero attached hydrogens (tertiary/aromatic N) is 2. The largest absolute Gasteiger partial charge is 0.309 e. The molecule has 11 aromatic rings. The van der Waals surface area contributed by atoms with Gasteiger partial charge in [0, 0.05) is 32.9 Å². The van der Waals surface area contributed by atoms with Crippen LogP contribution >= 0.6 is 0 Å². The molecule has 2 nitrogen and oxygen atoms in total. The molecule has 11 rings (SSSR count). The van der Waals surface area contributed by atoms with Crippen molar-refractivity contribution in [2.45, 2.75) is 26.2 Å². The van der Waals surface area contributed by atoms with E-state index in [2.05, 4.69) is 216 Å². The molecule has 0 amide bonds. The van der Waals surface area contributed by atoms with Crippen molar-refractivity contribution >= 4 is 54.4 Å². The second kappa shape index (κ2) is 14.1. The van der Waals surface area contributed by atoms with E-state index in [0.717, 1.165) is 12.1 Å². The highest BCUT2D eigenvalue weighted by molar-refractivity contribution is 6.13. The van der Waals surface area contributed by atoms with Gasteiger partial charge in [0.15, 0.2) is 0 Å². The third kappa shape index (κ3) is 5.80. The third-order valence-corrected chi connectivity index (χ3v) is 12.0. The lowest BCUT2D eigenvalue weighted by Gasteiger charge is -2.15. The maximum atomic E-state index is 2.46. The molecule has 0 spiro atoms. The van der Waals surface area contributed by atoms with Crippen LogP contribution in [0.5, 0.6) is 0 Å². The molecule has 2 heteroatoms. The van der Waals surface area contributed by atoms with Gasteiger partial charge in [0.2, 0.25) is 0 Å². The van der Waals surface area contributed by atoms with E-state index in [4.69, 9.17) is 0 Å². The van der Waals surface area contributed by atoms with Gasteiger partial charge >= 0.3 is 0 Å². The Bertz CT molecular complexity index is 3320. The minimum Gasteiger partial charge on any atom is -0.309 e. The van der Waals surface area contributed by atoms with Crippen molar-refractivity contribution in [3.63, 3.8) is 0 Å². The van der Waals surface area contributed by atoms with Gasteiger partial charge in [-0.3, -0.25) is 0 Å². The first kappa shape index (κ1) is 34.1. The Balaban J connectivity index is 1.07. The Morgan fingerprint density at radius 2 is 0.879 bits per heavy atom. The van der Waals surface area contributed by atoms with E-state index in [9.17, 15) is 0 Å². The van der Waals surface area contributed by atoms with Gasteiger partial charge in [-0.25, -0.2) is 0 Å². The number of aryl methyl sites for hydroxylation is 1. The molecule has 0 aliphatic carbocycles. The van der Waals surface area contributed by atoms with E-state index in [0.29, 0.717) is 0 Å². The fraction of sp³-hybridized carbons (Fsp3) is 0.0714. The predicted octanol–water partition coefficient (Wildman–Crippen LogP) is 15.4. The Kier molecular flexibility index (Phi) is 8.29. The van der Waals surface area contributed by atoms with Crippen LogP contribution in [0.3, 0.4) is 0 Å². The lowest BCUT2D eigenvalue weighted by molar-refractivity contribution is 0.795. The van der Waals surface area contributed by atoms with Gasteiger partial charge in [-0.15, -0.1) is 0 Å². The molecule has 0 saturated carbocycles. The maximum Gasteiger partial charge on any atom is 0.0541 e. The van der Waals surface area contributed by atoms with E-state index >= 15 is 0 Å². The Morgan fingerprint density at radius 3 is 1.57 bits per heavy atom. The summed E-state index contributed by atoms with van der Waals surface area (Å²) in [5.74, 6) is 0. The number of hydrogen-bond donors (Lipinski definition) is 0. The quantitative estimate of drug-likeness (QED) is 0.147. The van der Waals surface area contributed by atoms with E-state index in [1.165, 1.54) is 112 Å². The third-order valence-electron chi connectivity index (χ3n) is 12.0. The summed E-state index contributed by atoms with van der Waals surface area (Å²) in [7, 11) is 0. The van der Waals surface area contributed by atoms with Crippen molar-refractivity contribution in [2.75, 3.05) is 0 Å². The van der Waals surface area contributed by atoms with Crippen LogP contribution < -0.4 is 0 Å². The minimum atomic E-state index is 1.10. The Morgan fingerprint density at radius 1 is 0.328 bits per heavy atom. The number of fused-ring (bicyclic) bond motifs is 7. The highest BCUT2D eigenvalue weighted by Gasteiger charge is 2.18. The lowest BCUT2D eigenvalue weighted by atomic mass is 9.96. The van der Waals surface area contributed by atoms with Crippen molar-refractivity contribution in [2.24, 2.45) is 0 Å². The Labute approximate surface area is 338 Å². The summed E-state index contributed by atoms with van der Waals surface area (Å²) < 4.78 is 4.88. The molecule has 0 unspecified atom stereocenters. The van der Waals surface area contributed by atoms with Crippen LogP contribution in [0.15, 0.2) is 200 Å². The number of aromatic nitrogens is 2. The zero-order valence-electron chi connectivity index (χ0n) is 32.6. The van der Waals surface area contributed by atoms with E-state index in [1.807, 2.05) is 0 Å². The molecule has 0 radical (unpaired) electrons. The highest BCUT2D eigenvalue weighted by Crippen LogP contribution is 2.40.